The molecule has 0 rings (SSSR count). The van der Waals surface area contributed by atoms with Gasteiger partial charge < -0.3 is 20.4 Å². The first-order valence-electron chi connectivity index (χ1n) is 5.86. The van der Waals surface area contributed by atoms with E-state index in [1.807, 2.05) is 0 Å². The van der Waals surface area contributed by atoms with Crippen LogP contribution in [0, 0.1) is 5.92 Å². The minimum atomic E-state index is -1.09. The van der Waals surface area contributed by atoms with Gasteiger partial charge in [-0.1, -0.05) is 6.92 Å². The zero-order valence-corrected chi connectivity index (χ0v) is 14.0. The van der Waals surface area contributed by atoms with Crippen molar-refractivity contribution >= 4 is 53.2 Å². The van der Waals surface area contributed by atoms with Crippen molar-refractivity contribution in [2.24, 2.45) is 5.92 Å². The lowest BCUT2D eigenvalue weighted by Gasteiger charge is -2.38. The number of rotatable bonds is 11. The Bertz CT molecular complexity index is 340. The van der Waals surface area contributed by atoms with E-state index in [4.69, 9.17) is 15.3 Å². The summed E-state index contributed by atoms with van der Waals surface area (Å²) in [4.78, 5) is 32.3. The smallest absolute Gasteiger partial charge is 0.313 e. The van der Waals surface area contributed by atoms with Crippen molar-refractivity contribution < 1.29 is 34.8 Å². The molecule has 0 fully saturated rings. The van der Waals surface area contributed by atoms with Crippen LogP contribution in [-0.4, -0.2) is 65.1 Å². The molecular formula is C11H18O7S3. The van der Waals surface area contributed by atoms with Crippen molar-refractivity contribution in [3.8, 4) is 0 Å². The van der Waals surface area contributed by atoms with E-state index in [0.29, 0.717) is 0 Å². The normalized spacial score (nSPS) is 14.4. The molecular weight excluding hydrogens is 340 g/mol. The fourth-order valence-electron chi connectivity index (χ4n) is 1.30. The molecule has 10 heteroatoms. The van der Waals surface area contributed by atoms with Crippen LogP contribution in [0.3, 0.4) is 0 Å². The summed E-state index contributed by atoms with van der Waals surface area (Å²) in [5, 5.41) is 36.2. The number of carboxylic acid groups (broad SMARTS) is 3. The standard InChI is InChI=1S/C11H18O7S3/c1-6(7(2)12)11(19-3-8(13)14,20-4-9(15)16)21-5-10(17)18/h6-7,12H,3-5H2,1-2H3,(H,13,14)(H,15,16)(H,17,18). The Morgan fingerprint density at radius 1 is 0.857 bits per heavy atom. The van der Waals surface area contributed by atoms with Gasteiger partial charge >= 0.3 is 17.9 Å². The number of carbonyl (C=O) groups is 3. The highest BCUT2D eigenvalue weighted by Gasteiger charge is 2.42. The van der Waals surface area contributed by atoms with E-state index in [9.17, 15) is 19.5 Å². The molecule has 4 N–H and O–H groups in total. The summed E-state index contributed by atoms with van der Waals surface area (Å²) in [5.41, 5.74) is 0. The van der Waals surface area contributed by atoms with Crippen molar-refractivity contribution in [2.75, 3.05) is 17.3 Å². The van der Waals surface area contributed by atoms with Gasteiger partial charge in [0.2, 0.25) is 0 Å². The maximum absolute atomic E-state index is 10.8. The van der Waals surface area contributed by atoms with Crippen LogP contribution < -0.4 is 0 Å². The summed E-state index contributed by atoms with van der Waals surface area (Å²) in [6, 6.07) is 0. The van der Waals surface area contributed by atoms with E-state index in [-0.39, 0.29) is 17.3 Å². The molecule has 0 aliphatic carbocycles. The Balaban J connectivity index is 5.27. The van der Waals surface area contributed by atoms with E-state index in [0.717, 1.165) is 35.3 Å². The number of aliphatic hydroxyl groups excluding tert-OH is 1. The van der Waals surface area contributed by atoms with Gasteiger partial charge in [-0.15, -0.1) is 35.3 Å². The van der Waals surface area contributed by atoms with Crippen LogP contribution in [0.1, 0.15) is 13.8 Å². The largest absolute Gasteiger partial charge is 0.481 e. The molecule has 0 spiro atoms. The van der Waals surface area contributed by atoms with E-state index in [1.165, 1.54) is 6.92 Å². The molecule has 0 aromatic heterocycles. The van der Waals surface area contributed by atoms with Gasteiger partial charge in [-0.05, 0) is 6.92 Å². The average molecular weight is 358 g/mol. The molecule has 2 atom stereocenters. The second-order valence-corrected chi connectivity index (χ2v) is 8.62. The van der Waals surface area contributed by atoms with Crippen LogP contribution >= 0.6 is 35.3 Å². The van der Waals surface area contributed by atoms with Gasteiger partial charge in [0.15, 0.2) is 0 Å². The van der Waals surface area contributed by atoms with Crippen LogP contribution in [0.25, 0.3) is 0 Å². The Hall–Kier alpha value is -0.580. The number of aliphatic hydroxyl groups is 1. The molecule has 7 nitrogen and oxygen atoms in total. The highest BCUT2D eigenvalue weighted by molar-refractivity contribution is 8.34. The molecule has 0 aromatic carbocycles. The van der Waals surface area contributed by atoms with Gasteiger partial charge in [-0.25, -0.2) is 0 Å². The zero-order valence-electron chi connectivity index (χ0n) is 11.5. The second kappa shape index (κ2) is 9.44. The van der Waals surface area contributed by atoms with Crippen molar-refractivity contribution in [2.45, 2.75) is 23.4 Å². The van der Waals surface area contributed by atoms with Gasteiger partial charge in [-0.3, -0.25) is 14.4 Å². The van der Waals surface area contributed by atoms with Gasteiger partial charge in [0.1, 0.15) is 3.41 Å². The molecule has 0 radical (unpaired) electrons. The van der Waals surface area contributed by atoms with E-state index < -0.39 is 33.3 Å². The van der Waals surface area contributed by atoms with E-state index in [2.05, 4.69) is 0 Å². The Kier molecular flexibility index (Phi) is 9.18. The zero-order chi connectivity index (χ0) is 16.6. The Morgan fingerprint density at radius 3 is 1.33 bits per heavy atom. The summed E-state index contributed by atoms with van der Waals surface area (Å²) in [6.07, 6.45) is -0.839. The third kappa shape index (κ3) is 7.84. The summed E-state index contributed by atoms with van der Waals surface area (Å²) in [6.45, 7) is 3.15. The van der Waals surface area contributed by atoms with Gasteiger partial charge in [-0.2, -0.15) is 0 Å². The van der Waals surface area contributed by atoms with Gasteiger partial charge in [0, 0.05) is 5.92 Å². The quantitative estimate of drug-likeness (QED) is 0.398. The summed E-state index contributed by atoms with van der Waals surface area (Å²) >= 11 is 2.81. The second-order valence-electron chi connectivity index (χ2n) is 4.18. The minimum absolute atomic E-state index is 0.309. The third-order valence-electron chi connectivity index (χ3n) is 2.47. The highest BCUT2D eigenvalue weighted by atomic mass is 32.3. The van der Waals surface area contributed by atoms with Crippen molar-refractivity contribution in [3.63, 3.8) is 0 Å². The van der Waals surface area contributed by atoms with Crippen molar-refractivity contribution in [1.29, 1.82) is 0 Å². The topological polar surface area (TPSA) is 132 Å². The Labute approximate surface area is 134 Å². The SMILES string of the molecule is CC(O)C(C)C(SCC(=O)O)(SCC(=O)O)SCC(=O)O. The first kappa shape index (κ1) is 20.4. The molecule has 0 heterocycles. The number of aliphatic carboxylic acids is 3. The predicted octanol–water partition coefficient (Wildman–Crippen LogP) is 1.11. The molecule has 0 aliphatic heterocycles. The first-order valence-corrected chi connectivity index (χ1v) is 8.81. The van der Waals surface area contributed by atoms with Gasteiger partial charge in [0.05, 0.1) is 23.4 Å². The third-order valence-corrected chi connectivity index (χ3v) is 8.09. The molecule has 0 saturated carbocycles. The Morgan fingerprint density at radius 2 is 1.14 bits per heavy atom. The lowest BCUT2D eigenvalue weighted by molar-refractivity contribution is -0.134. The van der Waals surface area contributed by atoms with Crippen molar-refractivity contribution in [1.82, 2.24) is 0 Å². The van der Waals surface area contributed by atoms with Crippen LogP contribution in [0.5, 0.6) is 0 Å². The molecule has 122 valence electrons. The number of carboxylic acids is 3. The fraction of sp³-hybridized carbons (Fsp3) is 0.727. The molecule has 0 saturated heterocycles. The lowest BCUT2D eigenvalue weighted by Crippen LogP contribution is -2.36. The molecule has 0 amide bonds. The predicted molar refractivity (Wildman–Crippen MR) is 83.9 cm³/mol. The number of hydrogen-bond acceptors (Lipinski definition) is 7. The molecule has 0 bridgehead atoms. The van der Waals surface area contributed by atoms with E-state index in [1.54, 1.807) is 6.92 Å². The molecule has 21 heavy (non-hydrogen) atoms. The molecule has 0 aromatic rings. The molecule has 0 aliphatic rings. The monoisotopic (exact) mass is 358 g/mol. The minimum Gasteiger partial charge on any atom is -0.481 e. The van der Waals surface area contributed by atoms with Crippen molar-refractivity contribution in [3.05, 3.63) is 0 Å². The summed E-state index contributed by atoms with van der Waals surface area (Å²) in [7, 11) is 0. The highest BCUT2D eigenvalue weighted by Crippen LogP contribution is 2.53. The van der Waals surface area contributed by atoms with Gasteiger partial charge in [0.25, 0.3) is 0 Å². The van der Waals surface area contributed by atoms with Crippen LogP contribution in [0.2, 0.25) is 0 Å². The summed E-state index contributed by atoms with van der Waals surface area (Å²) in [5.74, 6) is -4.70. The van der Waals surface area contributed by atoms with Crippen LogP contribution in [0.4, 0.5) is 0 Å². The number of thioether (sulfide) groups is 3. The molecule has 2 unspecified atom stereocenters. The maximum atomic E-state index is 10.8. The fourth-order valence-corrected chi connectivity index (χ4v) is 5.72. The van der Waals surface area contributed by atoms with Crippen LogP contribution in [-0.2, 0) is 14.4 Å². The first-order chi connectivity index (χ1) is 9.60. The average Bonchev–Trinajstić information content (AvgIpc) is 2.36. The van der Waals surface area contributed by atoms with Crippen LogP contribution in [0.15, 0.2) is 0 Å². The summed E-state index contributed by atoms with van der Waals surface area (Å²) < 4.78 is -1.07. The maximum Gasteiger partial charge on any atom is 0.313 e. The van der Waals surface area contributed by atoms with E-state index >= 15 is 0 Å². The lowest BCUT2D eigenvalue weighted by atomic mass is 10.1. The number of hydrogen-bond donors (Lipinski definition) is 4.